The van der Waals surface area contributed by atoms with Crippen LogP contribution in [-0.2, 0) is 0 Å². The van der Waals surface area contributed by atoms with Crippen molar-refractivity contribution in [2.24, 2.45) is 0 Å². The topological polar surface area (TPSA) is 60.5 Å². The molecule has 1 rings (SSSR count). The van der Waals surface area contributed by atoms with E-state index in [9.17, 15) is 4.79 Å². The van der Waals surface area contributed by atoms with Gasteiger partial charge in [0.2, 0.25) is 5.88 Å². The van der Waals surface area contributed by atoms with Gasteiger partial charge in [0.1, 0.15) is 5.75 Å². The number of nitrogens with zero attached hydrogens (tertiary/aromatic N) is 1. The third kappa shape index (κ3) is 2.66. The van der Waals surface area contributed by atoms with Crippen molar-refractivity contribution >= 4 is 5.78 Å². The summed E-state index contributed by atoms with van der Waals surface area (Å²) in [5.74, 6) is 0.793. The second-order valence-corrected chi connectivity index (χ2v) is 2.88. The minimum absolute atomic E-state index is 0.0601. The molecule has 1 aromatic heterocycles. The average molecular weight is 210 g/mol. The molecule has 0 spiro atoms. The fourth-order valence-corrected chi connectivity index (χ4v) is 1.17. The predicted octanol–water partition coefficient (Wildman–Crippen LogP) is 0.501. The zero-order valence-corrected chi connectivity index (χ0v) is 9.03. The predicted molar refractivity (Wildman–Crippen MR) is 55.6 cm³/mol. The van der Waals surface area contributed by atoms with Gasteiger partial charge in [0.25, 0.3) is 0 Å². The summed E-state index contributed by atoms with van der Waals surface area (Å²) >= 11 is 0. The normalized spacial score (nSPS) is 9.80. The van der Waals surface area contributed by atoms with E-state index in [1.165, 1.54) is 20.4 Å². The molecule has 0 saturated heterocycles. The van der Waals surface area contributed by atoms with Crippen LogP contribution in [0.25, 0.3) is 0 Å². The number of hydrogen-bond donors (Lipinski definition) is 1. The van der Waals surface area contributed by atoms with Gasteiger partial charge in [0.15, 0.2) is 5.78 Å². The highest BCUT2D eigenvalue weighted by Crippen LogP contribution is 2.21. The molecule has 0 saturated carbocycles. The lowest BCUT2D eigenvalue weighted by Gasteiger charge is -2.08. The zero-order valence-electron chi connectivity index (χ0n) is 9.03. The molecular weight excluding hydrogens is 196 g/mol. The fourth-order valence-electron chi connectivity index (χ4n) is 1.17. The molecule has 5 nitrogen and oxygen atoms in total. The molecule has 15 heavy (non-hydrogen) atoms. The first-order chi connectivity index (χ1) is 7.22. The zero-order chi connectivity index (χ0) is 11.3. The maximum atomic E-state index is 11.7. The number of rotatable bonds is 5. The summed E-state index contributed by atoms with van der Waals surface area (Å²) in [7, 11) is 4.71. The minimum Gasteiger partial charge on any atom is -0.494 e. The molecule has 1 heterocycles. The first-order valence-corrected chi connectivity index (χ1v) is 4.48. The third-order valence-corrected chi connectivity index (χ3v) is 1.91. The van der Waals surface area contributed by atoms with Gasteiger partial charge in [-0.05, 0) is 7.05 Å². The van der Waals surface area contributed by atoms with E-state index in [1.807, 2.05) is 0 Å². The van der Waals surface area contributed by atoms with E-state index in [0.717, 1.165) is 0 Å². The Kier molecular flexibility index (Phi) is 4.05. The maximum Gasteiger partial charge on any atom is 0.213 e. The number of carbonyl (C=O) groups excluding carboxylic acids is 1. The van der Waals surface area contributed by atoms with Crippen LogP contribution < -0.4 is 14.8 Å². The van der Waals surface area contributed by atoms with Crippen LogP contribution in [0, 0.1) is 0 Å². The minimum atomic E-state index is -0.0601. The monoisotopic (exact) mass is 210 g/mol. The molecule has 1 N–H and O–H groups in total. The highest BCUT2D eigenvalue weighted by molar-refractivity contribution is 6.00. The quantitative estimate of drug-likeness (QED) is 0.717. The van der Waals surface area contributed by atoms with Crippen molar-refractivity contribution in [1.82, 2.24) is 10.3 Å². The van der Waals surface area contributed by atoms with Gasteiger partial charge >= 0.3 is 0 Å². The molecule has 0 fully saturated rings. The summed E-state index contributed by atoms with van der Waals surface area (Å²) < 4.78 is 9.99. The lowest BCUT2D eigenvalue weighted by Crippen LogP contribution is -2.19. The smallest absolute Gasteiger partial charge is 0.213 e. The van der Waals surface area contributed by atoms with E-state index < -0.39 is 0 Å². The van der Waals surface area contributed by atoms with Crippen molar-refractivity contribution in [3.8, 4) is 11.6 Å². The lowest BCUT2D eigenvalue weighted by molar-refractivity contribution is 0.0990. The lowest BCUT2D eigenvalue weighted by atomic mass is 10.1. The molecule has 0 aliphatic rings. The highest BCUT2D eigenvalue weighted by atomic mass is 16.5. The number of carbonyl (C=O) groups is 1. The molecule has 0 aliphatic carbocycles. The standard InChI is InChI=1S/C10H14N2O3/c1-11-5-8(13)7-4-10(15-3)12-6-9(7)14-2/h4,6,11H,5H2,1-3H3. The number of pyridine rings is 1. The van der Waals surface area contributed by atoms with E-state index in [4.69, 9.17) is 9.47 Å². The van der Waals surface area contributed by atoms with Gasteiger partial charge in [-0.2, -0.15) is 0 Å². The average Bonchev–Trinajstić information content (AvgIpc) is 2.28. The van der Waals surface area contributed by atoms with Crippen LogP contribution in [0.5, 0.6) is 11.6 Å². The fraction of sp³-hybridized carbons (Fsp3) is 0.400. The number of methoxy groups -OCH3 is 2. The van der Waals surface area contributed by atoms with Gasteiger partial charge in [0, 0.05) is 6.07 Å². The van der Waals surface area contributed by atoms with E-state index in [-0.39, 0.29) is 12.3 Å². The Morgan fingerprint density at radius 1 is 1.47 bits per heavy atom. The summed E-state index contributed by atoms with van der Waals surface area (Å²) in [5.41, 5.74) is 0.471. The highest BCUT2D eigenvalue weighted by Gasteiger charge is 2.13. The Hall–Kier alpha value is -1.62. The van der Waals surface area contributed by atoms with Crippen molar-refractivity contribution in [3.63, 3.8) is 0 Å². The summed E-state index contributed by atoms with van der Waals surface area (Å²) in [6, 6.07) is 1.57. The van der Waals surface area contributed by atoms with Crippen molar-refractivity contribution in [2.75, 3.05) is 27.8 Å². The Labute approximate surface area is 88.4 Å². The number of ether oxygens (including phenoxy) is 2. The molecule has 0 unspecified atom stereocenters. The molecule has 1 aromatic rings. The molecule has 0 radical (unpaired) electrons. The summed E-state index contributed by atoms with van der Waals surface area (Å²) in [4.78, 5) is 15.6. The summed E-state index contributed by atoms with van der Waals surface area (Å²) in [6.45, 7) is 0.253. The number of hydrogen-bond acceptors (Lipinski definition) is 5. The van der Waals surface area contributed by atoms with Gasteiger partial charge in [-0.15, -0.1) is 0 Å². The number of nitrogens with one attached hydrogen (secondary N) is 1. The second kappa shape index (κ2) is 5.31. The molecule has 5 heteroatoms. The van der Waals surface area contributed by atoms with Crippen molar-refractivity contribution in [3.05, 3.63) is 17.8 Å². The first kappa shape index (κ1) is 11.5. The van der Waals surface area contributed by atoms with E-state index in [2.05, 4.69) is 10.3 Å². The van der Waals surface area contributed by atoms with Crippen molar-refractivity contribution in [2.45, 2.75) is 0 Å². The maximum absolute atomic E-state index is 11.7. The van der Waals surface area contributed by atoms with Crippen LogP contribution >= 0.6 is 0 Å². The van der Waals surface area contributed by atoms with Crippen molar-refractivity contribution in [1.29, 1.82) is 0 Å². The van der Waals surface area contributed by atoms with Gasteiger partial charge in [-0.1, -0.05) is 0 Å². The van der Waals surface area contributed by atoms with Gasteiger partial charge < -0.3 is 14.8 Å². The number of Topliss-reactive ketones (excluding diaryl/α,β-unsaturated/α-hetero) is 1. The molecule has 0 amide bonds. The van der Waals surface area contributed by atoms with Gasteiger partial charge in [-0.3, -0.25) is 4.79 Å². The Bertz CT molecular complexity index is 353. The molecule has 0 aliphatic heterocycles. The number of ketones is 1. The number of aromatic nitrogens is 1. The first-order valence-electron chi connectivity index (χ1n) is 4.48. The van der Waals surface area contributed by atoms with Crippen molar-refractivity contribution < 1.29 is 14.3 Å². The summed E-state index contributed by atoms with van der Waals surface area (Å²) in [5, 5.41) is 2.79. The van der Waals surface area contributed by atoms with E-state index in [1.54, 1.807) is 13.1 Å². The van der Waals surface area contributed by atoms with Crippen LogP contribution in [0.3, 0.4) is 0 Å². The summed E-state index contributed by atoms with van der Waals surface area (Å²) in [6.07, 6.45) is 1.47. The molecule has 0 aromatic carbocycles. The Morgan fingerprint density at radius 3 is 2.73 bits per heavy atom. The van der Waals surface area contributed by atoms with E-state index >= 15 is 0 Å². The van der Waals surface area contributed by atoms with Crippen LogP contribution in [0.2, 0.25) is 0 Å². The molecule has 0 atom stereocenters. The Morgan fingerprint density at radius 2 is 2.20 bits per heavy atom. The van der Waals surface area contributed by atoms with Crippen LogP contribution in [-0.4, -0.2) is 38.6 Å². The van der Waals surface area contributed by atoms with Gasteiger partial charge in [0.05, 0.1) is 32.5 Å². The van der Waals surface area contributed by atoms with Crippen LogP contribution in [0.4, 0.5) is 0 Å². The third-order valence-electron chi connectivity index (χ3n) is 1.91. The second-order valence-electron chi connectivity index (χ2n) is 2.88. The Balaban J connectivity index is 3.05. The molecule has 82 valence electrons. The molecule has 0 bridgehead atoms. The van der Waals surface area contributed by atoms with E-state index in [0.29, 0.717) is 17.2 Å². The largest absolute Gasteiger partial charge is 0.494 e. The SMILES string of the molecule is CNCC(=O)c1cc(OC)ncc1OC. The van der Waals surface area contributed by atoms with Crippen LogP contribution in [0.1, 0.15) is 10.4 Å². The number of likely N-dealkylation sites (N-methyl/N-ethyl adjacent to an activating group) is 1. The van der Waals surface area contributed by atoms with Crippen LogP contribution in [0.15, 0.2) is 12.3 Å². The van der Waals surface area contributed by atoms with Gasteiger partial charge in [-0.25, -0.2) is 4.98 Å². The molecular formula is C10H14N2O3.